The molecule has 1 spiro atoms. The number of hydrogen-bond acceptors (Lipinski definition) is 4. The second kappa shape index (κ2) is 5.90. The molecule has 3 aliphatic rings. The Bertz CT molecular complexity index is 976. The summed E-state index contributed by atoms with van der Waals surface area (Å²) in [6.45, 7) is 1.03. The summed E-state index contributed by atoms with van der Waals surface area (Å²) in [4.78, 5) is 4.34. The van der Waals surface area contributed by atoms with Crippen molar-refractivity contribution in [3.8, 4) is 11.3 Å². The Hall–Kier alpha value is -1.70. The number of benzene rings is 1. The Morgan fingerprint density at radius 3 is 2.67 bits per heavy atom. The van der Waals surface area contributed by atoms with Crippen LogP contribution in [0.4, 0.5) is 0 Å². The molecule has 2 fully saturated rings. The summed E-state index contributed by atoms with van der Waals surface area (Å²) in [5, 5.41) is 11.4. The first-order chi connectivity index (χ1) is 12.9. The number of piperidine rings is 1. The molecule has 6 nitrogen and oxygen atoms in total. The lowest BCUT2D eigenvalue weighted by atomic mass is 9.73. The highest BCUT2D eigenvalue weighted by molar-refractivity contribution is 7.88. The van der Waals surface area contributed by atoms with Gasteiger partial charge in [-0.15, -0.1) is 0 Å². The highest BCUT2D eigenvalue weighted by atomic mass is 32.2. The Morgan fingerprint density at radius 1 is 1.19 bits per heavy atom. The van der Waals surface area contributed by atoms with Gasteiger partial charge in [0.1, 0.15) is 0 Å². The monoisotopic (exact) mass is 387 g/mol. The van der Waals surface area contributed by atoms with Gasteiger partial charge in [0.05, 0.1) is 36.6 Å². The van der Waals surface area contributed by atoms with Gasteiger partial charge in [0, 0.05) is 24.6 Å². The minimum Gasteiger partial charge on any atom is -0.392 e. The molecule has 5 rings (SSSR count). The van der Waals surface area contributed by atoms with Gasteiger partial charge in [-0.05, 0) is 36.7 Å². The average Bonchev–Trinajstić information content (AvgIpc) is 3.30. The van der Waals surface area contributed by atoms with Gasteiger partial charge in [-0.2, -0.15) is 0 Å². The largest absolute Gasteiger partial charge is 0.392 e. The predicted octanol–water partition coefficient (Wildman–Crippen LogP) is 2.27. The lowest BCUT2D eigenvalue weighted by Crippen LogP contribution is -2.47. The summed E-state index contributed by atoms with van der Waals surface area (Å²) in [6.07, 6.45) is 8.02. The van der Waals surface area contributed by atoms with E-state index in [-0.39, 0.29) is 17.4 Å². The molecule has 3 atom stereocenters. The summed E-state index contributed by atoms with van der Waals surface area (Å²) in [5.41, 5.74) is 3.43. The molecular weight excluding hydrogens is 362 g/mol. The van der Waals surface area contributed by atoms with E-state index in [1.807, 2.05) is 18.6 Å². The third-order valence-electron chi connectivity index (χ3n) is 7.12. The molecule has 0 bridgehead atoms. The minimum absolute atomic E-state index is 0.112. The second-order valence-electron chi connectivity index (χ2n) is 8.39. The summed E-state index contributed by atoms with van der Waals surface area (Å²) in [6, 6.07) is 8.52. The number of aliphatic hydroxyl groups excluding tert-OH is 1. The summed E-state index contributed by atoms with van der Waals surface area (Å²) in [5.74, 6) is 0.131. The first kappa shape index (κ1) is 17.4. The SMILES string of the molecule is CS(=O)(=O)N1CCC2(CC[C@@H]([C@H]3c4ccccc4-c4cncn43)[C@H]2O)CC1. The van der Waals surface area contributed by atoms with Gasteiger partial charge in [0.25, 0.3) is 0 Å². The number of fused-ring (bicyclic) bond motifs is 3. The van der Waals surface area contributed by atoms with Crippen LogP contribution in [-0.2, 0) is 10.0 Å². The molecule has 1 aromatic carbocycles. The van der Waals surface area contributed by atoms with Crippen LogP contribution in [0.15, 0.2) is 36.8 Å². The van der Waals surface area contributed by atoms with Gasteiger partial charge in [-0.25, -0.2) is 17.7 Å². The van der Waals surface area contributed by atoms with Crippen molar-refractivity contribution in [2.45, 2.75) is 37.8 Å². The molecule has 0 radical (unpaired) electrons. The van der Waals surface area contributed by atoms with Crippen molar-refractivity contribution < 1.29 is 13.5 Å². The third-order valence-corrected chi connectivity index (χ3v) is 8.43. The maximum Gasteiger partial charge on any atom is 0.211 e. The van der Waals surface area contributed by atoms with Gasteiger partial charge in [-0.1, -0.05) is 24.3 Å². The summed E-state index contributed by atoms with van der Waals surface area (Å²) < 4.78 is 27.4. The minimum atomic E-state index is -3.15. The normalized spacial score (nSPS) is 29.8. The number of aliphatic hydroxyl groups is 1. The molecule has 2 aliphatic heterocycles. The number of hydrogen-bond donors (Lipinski definition) is 1. The number of imidazole rings is 1. The van der Waals surface area contributed by atoms with Crippen molar-refractivity contribution in [2.24, 2.45) is 11.3 Å². The van der Waals surface area contributed by atoms with Gasteiger partial charge >= 0.3 is 0 Å². The molecule has 1 saturated carbocycles. The van der Waals surface area contributed by atoms with E-state index in [2.05, 4.69) is 27.8 Å². The molecule has 144 valence electrons. The Labute approximate surface area is 159 Å². The first-order valence-corrected chi connectivity index (χ1v) is 11.5. The summed E-state index contributed by atoms with van der Waals surface area (Å²) in [7, 11) is -3.15. The predicted molar refractivity (Wildman–Crippen MR) is 103 cm³/mol. The zero-order valence-electron chi connectivity index (χ0n) is 15.5. The van der Waals surface area contributed by atoms with E-state index in [0.717, 1.165) is 31.4 Å². The quantitative estimate of drug-likeness (QED) is 0.858. The van der Waals surface area contributed by atoms with Crippen LogP contribution in [0.3, 0.4) is 0 Å². The second-order valence-corrected chi connectivity index (χ2v) is 10.4. The average molecular weight is 388 g/mol. The van der Waals surface area contributed by atoms with Gasteiger partial charge in [-0.3, -0.25) is 0 Å². The topological polar surface area (TPSA) is 75.4 Å². The van der Waals surface area contributed by atoms with Crippen molar-refractivity contribution in [2.75, 3.05) is 19.3 Å². The van der Waals surface area contributed by atoms with Gasteiger partial charge in [0.2, 0.25) is 10.0 Å². The van der Waals surface area contributed by atoms with E-state index in [1.54, 1.807) is 4.31 Å². The Balaban J connectivity index is 1.44. The lowest BCUT2D eigenvalue weighted by Gasteiger charge is -2.42. The maximum absolute atomic E-state index is 11.8. The van der Waals surface area contributed by atoms with E-state index in [4.69, 9.17) is 0 Å². The molecule has 7 heteroatoms. The third kappa shape index (κ3) is 2.52. The van der Waals surface area contributed by atoms with Gasteiger partial charge < -0.3 is 9.67 Å². The highest BCUT2D eigenvalue weighted by Gasteiger charge is 2.53. The van der Waals surface area contributed by atoms with Crippen LogP contribution in [0.2, 0.25) is 0 Å². The molecule has 2 aromatic rings. The van der Waals surface area contributed by atoms with Crippen LogP contribution in [0, 0.1) is 11.3 Å². The molecule has 3 heterocycles. The van der Waals surface area contributed by atoms with Crippen molar-refractivity contribution in [1.29, 1.82) is 0 Å². The van der Waals surface area contributed by atoms with Crippen LogP contribution < -0.4 is 0 Å². The molecule has 1 saturated heterocycles. The molecule has 1 aromatic heterocycles. The Morgan fingerprint density at radius 2 is 1.93 bits per heavy atom. The standard InChI is InChI=1S/C20H25N3O3S/c1-27(25,26)22-10-8-20(9-11-22)7-6-16(19(20)24)18-15-5-3-2-4-14(15)17-12-21-13-23(17)18/h2-5,12-13,16,18-19,24H,6-11H2,1H3/t16-,18+,19+/m0/s1. The zero-order valence-corrected chi connectivity index (χ0v) is 16.3. The molecule has 27 heavy (non-hydrogen) atoms. The van der Waals surface area contributed by atoms with Crippen LogP contribution in [-0.4, -0.2) is 52.8 Å². The number of sulfonamides is 1. The van der Waals surface area contributed by atoms with Crippen LogP contribution in [0.5, 0.6) is 0 Å². The van der Waals surface area contributed by atoms with Crippen molar-refractivity contribution in [1.82, 2.24) is 13.9 Å². The molecule has 1 aliphatic carbocycles. The van der Waals surface area contributed by atoms with E-state index in [1.165, 1.54) is 17.4 Å². The fourth-order valence-corrected chi connectivity index (χ4v) is 6.51. The molecule has 0 unspecified atom stereocenters. The zero-order chi connectivity index (χ0) is 18.8. The molecule has 0 amide bonds. The Kier molecular flexibility index (Phi) is 3.80. The maximum atomic E-state index is 11.8. The van der Waals surface area contributed by atoms with Crippen molar-refractivity contribution >= 4 is 10.0 Å². The number of aromatic nitrogens is 2. The van der Waals surface area contributed by atoms with Crippen molar-refractivity contribution in [3.63, 3.8) is 0 Å². The van der Waals surface area contributed by atoms with E-state index < -0.39 is 16.1 Å². The van der Waals surface area contributed by atoms with Crippen molar-refractivity contribution in [3.05, 3.63) is 42.4 Å². The highest BCUT2D eigenvalue weighted by Crippen LogP contribution is 2.55. The van der Waals surface area contributed by atoms with Crippen LogP contribution in [0.1, 0.15) is 37.3 Å². The number of rotatable bonds is 2. The van der Waals surface area contributed by atoms with E-state index in [0.29, 0.717) is 13.1 Å². The van der Waals surface area contributed by atoms with E-state index >= 15 is 0 Å². The smallest absolute Gasteiger partial charge is 0.211 e. The lowest BCUT2D eigenvalue weighted by molar-refractivity contribution is -0.0145. The number of nitrogens with zero attached hydrogens (tertiary/aromatic N) is 3. The van der Waals surface area contributed by atoms with Crippen LogP contribution in [0.25, 0.3) is 11.3 Å². The van der Waals surface area contributed by atoms with Gasteiger partial charge in [0.15, 0.2) is 0 Å². The fourth-order valence-electron chi connectivity index (χ4n) is 5.66. The fraction of sp³-hybridized carbons (Fsp3) is 0.550. The summed E-state index contributed by atoms with van der Waals surface area (Å²) >= 11 is 0. The molecule has 1 N–H and O–H groups in total. The van der Waals surface area contributed by atoms with Crippen LogP contribution >= 0.6 is 0 Å². The van der Waals surface area contributed by atoms with E-state index in [9.17, 15) is 13.5 Å². The first-order valence-electron chi connectivity index (χ1n) is 9.65. The molecular formula is C20H25N3O3S.